The van der Waals surface area contributed by atoms with Gasteiger partial charge in [0.1, 0.15) is 5.69 Å². The van der Waals surface area contributed by atoms with Crippen molar-refractivity contribution in [3.8, 4) is 10.7 Å². The van der Waals surface area contributed by atoms with Crippen molar-refractivity contribution >= 4 is 38.6 Å². The highest BCUT2D eigenvalue weighted by atomic mass is 35.7. The number of rotatable bonds is 3. The Morgan fingerprint density at radius 2 is 2.15 bits per heavy atom. The quantitative estimate of drug-likeness (QED) is 0.719. The molecule has 0 aliphatic carbocycles. The number of alkyl halides is 2. The number of hydrogen-bond acceptors (Lipinski definition) is 5. The molecule has 104 valence electrons. The molecular formula is C10H4ClF3N4S2. The van der Waals surface area contributed by atoms with Crippen LogP contribution in [0.25, 0.3) is 16.3 Å². The summed E-state index contributed by atoms with van der Waals surface area (Å²) in [6.07, 6.45) is 0.227. The summed E-state index contributed by atoms with van der Waals surface area (Å²) in [5, 5.41) is 6.93. The fraction of sp³-hybridized carbons (Fsp3) is 0.100. The van der Waals surface area contributed by atoms with Crippen molar-refractivity contribution in [2.45, 2.75) is 11.3 Å². The van der Waals surface area contributed by atoms with E-state index >= 15 is 0 Å². The number of nitrogens with zero attached hydrogens (tertiary/aromatic N) is 4. The van der Waals surface area contributed by atoms with Crippen LogP contribution in [-0.4, -0.2) is 19.6 Å². The first kappa shape index (κ1) is 13.7. The van der Waals surface area contributed by atoms with Crippen LogP contribution in [0, 0.1) is 5.82 Å². The zero-order valence-corrected chi connectivity index (χ0v) is 11.8. The number of aromatic nitrogens is 4. The van der Waals surface area contributed by atoms with E-state index in [4.69, 9.17) is 10.7 Å². The standard InChI is InChI=1S/C10H4ClF3N4S2/c11-20-4-1-5(12)8-15-2-6(18(8)3-4)9-16-17-10(19-9)7(13)14/h1-3,7H. The van der Waals surface area contributed by atoms with E-state index in [-0.39, 0.29) is 10.7 Å². The van der Waals surface area contributed by atoms with E-state index in [1.165, 1.54) is 16.7 Å². The van der Waals surface area contributed by atoms with Gasteiger partial charge in [-0.3, -0.25) is 4.40 Å². The lowest BCUT2D eigenvalue weighted by Gasteiger charge is -2.01. The Labute approximate surface area is 123 Å². The molecule has 4 nitrogen and oxygen atoms in total. The minimum atomic E-state index is -2.69. The molecule has 0 bridgehead atoms. The first-order valence-electron chi connectivity index (χ1n) is 5.17. The second-order valence-corrected chi connectivity index (χ2v) is 5.78. The van der Waals surface area contributed by atoms with E-state index < -0.39 is 17.3 Å². The molecule has 0 saturated carbocycles. The molecule has 0 unspecified atom stereocenters. The lowest BCUT2D eigenvalue weighted by atomic mass is 10.4. The van der Waals surface area contributed by atoms with Gasteiger partial charge in [-0.2, -0.15) is 0 Å². The van der Waals surface area contributed by atoms with E-state index in [1.807, 2.05) is 0 Å². The summed E-state index contributed by atoms with van der Waals surface area (Å²) in [6, 6.07) is 1.24. The van der Waals surface area contributed by atoms with Gasteiger partial charge in [0.05, 0.1) is 6.20 Å². The molecule has 3 aromatic heterocycles. The Morgan fingerprint density at radius 3 is 2.80 bits per heavy atom. The average molecular weight is 337 g/mol. The predicted molar refractivity (Wildman–Crippen MR) is 70.7 cm³/mol. The maximum Gasteiger partial charge on any atom is 0.291 e. The van der Waals surface area contributed by atoms with Crippen LogP contribution in [0.2, 0.25) is 0 Å². The zero-order chi connectivity index (χ0) is 14.3. The molecule has 0 spiro atoms. The molecular weight excluding hydrogens is 333 g/mol. The van der Waals surface area contributed by atoms with E-state index in [9.17, 15) is 13.2 Å². The van der Waals surface area contributed by atoms with Crippen molar-refractivity contribution in [3.05, 3.63) is 29.3 Å². The number of halogens is 4. The lowest BCUT2D eigenvalue weighted by Crippen LogP contribution is -1.92. The molecule has 0 fully saturated rings. The smallest absolute Gasteiger partial charge is 0.291 e. The lowest BCUT2D eigenvalue weighted by molar-refractivity contribution is 0.150. The van der Waals surface area contributed by atoms with Gasteiger partial charge >= 0.3 is 0 Å². The van der Waals surface area contributed by atoms with Crippen LogP contribution >= 0.6 is 33.0 Å². The van der Waals surface area contributed by atoms with Crippen molar-refractivity contribution in [2.24, 2.45) is 0 Å². The maximum atomic E-state index is 13.8. The minimum Gasteiger partial charge on any atom is -0.294 e. The van der Waals surface area contributed by atoms with Gasteiger partial charge in [0.15, 0.2) is 21.5 Å². The fourth-order valence-electron chi connectivity index (χ4n) is 1.65. The topological polar surface area (TPSA) is 43.1 Å². The number of imidazole rings is 1. The Morgan fingerprint density at radius 1 is 1.35 bits per heavy atom. The van der Waals surface area contributed by atoms with Crippen LogP contribution in [0.5, 0.6) is 0 Å². The molecule has 0 N–H and O–H groups in total. The third-order valence-electron chi connectivity index (χ3n) is 2.47. The molecule has 3 aromatic rings. The van der Waals surface area contributed by atoms with Crippen molar-refractivity contribution in [2.75, 3.05) is 0 Å². The van der Waals surface area contributed by atoms with Gasteiger partial charge in [0.25, 0.3) is 6.43 Å². The minimum absolute atomic E-state index is 0.0725. The fourth-order valence-corrected chi connectivity index (χ4v) is 2.90. The highest BCUT2D eigenvalue weighted by molar-refractivity contribution is 8.21. The van der Waals surface area contributed by atoms with Gasteiger partial charge in [-0.05, 0) is 27.7 Å². The first-order valence-corrected chi connectivity index (χ1v) is 7.63. The van der Waals surface area contributed by atoms with Gasteiger partial charge in [0, 0.05) is 11.1 Å². The predicted octanol–water partition coefficient (Wildman–Crippen LogP) is 4.18. The van der Waals surface area contributed by atoms with Crippen LogP contribution in [0.1, 0.15) is 11.4 Å². The molecule has 10 heteroatoms. The average Bonchev–Trinajstić information content (AvgIpc) is 3.04. The van der Waals surface area contributed by atoms with E-state index in [0.29, 0.717) is 10.6 Å². The summed E-state index contributed by atoms with van der Waals surface area (Å²) < 4.78 is 40.2. The van der Waals surface area contributed by atoms with Crippen LogP contribution in [0.3, 0.4) is 0 Å². The highest BCUT2D eigenvalue weighted by Gasteiger charge is 2.18. The van der Waals surface area contributed by atoms with Crippen molar-refractivity contribution in [1.29, 1.82) is 0 Å². The Balaban J connectivity index is 2.17. The molecule has 0 saturated heterocycles. The SMILES string of the molecule is Fc1cc(SCl)cn2c(-c3nnc(C(F)F)s3)cnc12. The number of hydrogen-bond donors (Lipinski definition) is 0. The molecule has 3 heterocycles. The summed E-state index contributed by atoms with van der Waals surface area (Å²) in [6.45, 7) is 0. The van der Waals surface area contributed by atoms with Crippen LogP contribution in [0.15, 0.2) is 23.4 Å². The van der Waals surface area contributed by atoms with Crippen LogP contribution < -0.4 is 0 Å². The molecule has 3 rings (SSSR count). The Hall–Kier alpha value is -1.32. The van der Waals surface area contributed by atoms with Gasteiger partial charge in [0.2, 0.25) is 0 Å². The molecule has 0 radical (unpaired) electrons. The maximum absolute atomic E-state index is 13.8. The summed E-state index contributed by atoms with van der Waals surface area (Å²) in [5.74, 6) is -0.555. The second kappa shape index (κ2) is 5.23. The molecule has 0 amide bonds. The van der Waals surface area contributed by atoms with Crippen molar-refractivity contribution in [3.63, 3.8) is 0 Å². The summed E-state index contributed by atoms with van der Waals surface area (Å²) in [7, 11) is 6.45. The number of pyridine rings is 1. The zero-order valence-electron chi connectivity index (χ0n) is 9.43. The summed E-state index contributed by atoms with van der Waals surface area (Å²) in [4.78, 5) is 4.38. The van der Waals surface area contributed by atoms with E-state index in [2.05, 4.69) is 15.2 Å². The normalized spacial score (nSPS) is 11.7. The first-order chi connectivity index (χ1) is 9.60. The highest BCUT2D eigenvalue weighted by Crippen LogP contribution is 2.31. The summed E-state index contributed by atoms with van der Waals surface area (Å²) >= 11 is 0.738. The van der Waals surface area contributed by atoms with Crippen molar-refractivity contribution in [1.82, 2.24) is 19.6 Å². The Bertz CT molecular complexity index is 773. The van der Waals surface area contributed by atoms with Crippen molar-refractivity contribution < 1.29 is 13.2 Å². The van der Waals surface area contributed by atoms with E-state index in [0.717, 1.165) is 22.3 Å². The summed E-state index contributed by atoms with van der Waals surface area (Å²) in [5.41, 5.74) is 0.458. The molecule has 0 aliphatic rings. The second-order valence-electron chi connectivity index (χ2n) is 3.68. The molecule has 0 aliphatic heterocycles. The molecule has 0 atom stereocenters. The van der Waals surface area contributed by atoms with Gasteiger partial charge < -0.3 is 0 Å². The Kier molecular flexibility index (Phi) is 3.57. The van der Waals surface area contributed by atoms with Gasteiger partial charge in [-0.25, -0.2) is 18.2 Å². The third-order valence-corrected chi connectivity index (χ3v) is 4.36. The van der Waals surface area contributed by atoms with E-state index in [1.54, 1.807) is 6.20 Å². The third kappa shape index (κ3) is 2.25. The van der Waals surface area contributed by atoms with Gasteiger partial charge in [-0.15, -0.1) is 10.2 Å². The monoisotopic (exact) mass is 336 g/mol. The van der Waals surface area contributed by atoms with Crippen LogP contribution in [0.4, 0.5) is 13.2 Å². The molecule has 20 heavy (non-hydrogen) atoms. The van der Waals surface area contributed by atoms with Crippen LogP contribution in [-0.2, 0) is 0 Å². The molecule has 0 aromatic carbocycles. The largest absolute Gasteiger partial charge is 0.294 e. The number of fused-ring (bicyclic) bond motifs is 1. The van der Waals surface area contributed by atoms with Gasteiger partial charge in [-0.1, -0.05) is 11.3 Å².